The SMILES string of the molecule is COc1cccc([C@@H](Oc2ccc3c(cnn3-c3ccc(F)cc3)c2)[C@H](C)NC(=O)c2cocn2)c1. The van der Waals surface area contributed by atoms with Crippen LogP contribution < -0.4 is 14.8 Å². The van der Waals surface area contributed by atoms with Crippen LogP contribution in [0.1, 0.15) is 29.1 Å². The van der Waals surface area contributed by atoms with Gasteiger partial charge in [0.25, 0.3) is 5.91 Å². The molecule has 0 unspecified atom stereocenters. The Hall–Kier alpha value is -4.66. The summed E-state index contributed by atoms with van der Waals surface area (Å²) in [6, 6.07) is 18.8. The highest BCUT2D eigenvalue weighted by Gasteiger charge is 2.25. The van der Waals surface area contributed by atoms with E-state index in [1.54, 1.807) is 30.1 Å². The molecule has 1 amide bonds. The molecule has 0 aliphatic heterocycles. The number of carbonyl (C=O) groups is 1. The molecule has 1 N–H and O–H groups in total. The molecule has 0 radical (unpaired) electrons. The van der Waals surface area contributed by atoms with Gasteiger partial charge in [-0.1, -0.05) is 12.1 Å². The summed E-state index contributed by atoms with van der Waals surface area (Å²) in [6.07, 6.45) is 3.68. The Morgan fingerprint density at radius 2 is 1.92 bits per heavy atom. The predicted molar refractivity (Wildman–Crippen MR) is 131 cm³/mol. The predicted octanol–water partition coefficient (Wildman–Crippen LogP) is 5.10. The topological polar surface area (TPSA) is 91.4 Å². The Kier molecular flexibility index (Phi) is 6.36. The first-order chi connectivity index (χ1) is 17.5. The molecule has 0 spiro atoms. The molecule has 36 heavy (non-hydrogen) atoms. The van der Waals surface area contributed by atoms with Gasteiger partial charge in [-0.05, 0) is 67.1 Å². The summed E-state index contributed by atoms with van der Waals surface area (Å²) < 4.78 is 31.8. The highest BCUT2D eigenvalue weighted by atomic mass is 19.1. The smallest absolute Gasteiger partial charge is 0.273 e. The molecule has 2 aromatic heterocycles. The van der Waals surface area contributed by atoms with Crippen LogP contribution in [-0.2, 0) is 0 Å². The van der Waals surface area contributed by atoms with Gasteiger partial charge in [-0.25, -0.2) is 14.1 Å². The minimum absolute atomic E-state index is 0.181. The van der Waals surface area contributed by atoms with Crippen LogP contribution in [0, 0.1) is 5.82 Å². The monoisotopic (exact) mass is 486 g/mol. The molecule has 0 fully saturated rings. The van der Waals surface area contributed by atoms with Crippen molar-refractivity contribution in [1.29, 1.82) is 0 Å². The number of ether oxygens (including phenoxy) is 2. The summed E-state index contributed by atoms with van der Waals surface area (Å²) in [5.41, 5.74) is 2.60. The summed E-state index contributed by atoms with van der Waals surface area (Å²) in [5, 5.41) is 8.23. The number of rotatable bonds is 8. The fourth-order valence-electron chi connectivity index (χ4n) is 3.98. The lowest BCUT2D eigenvalue weighted by molar-refractivity contribution is 0.0877. The van der Waals surface area contributed by atoms with Gasteiger partial charge in [0.05, 0.1) is 30.6 Å². The third kappa shape index (κ3) is 4.76. The van der Waals surface area contributed by atoms with Crippen molar-refractivity contribution in [3.63, 3.8) is 0 Å². The standard InChI is InChI=1S/C27H23FN4O4/c1-17(31-27(33)24-15-35-16-29-24)26(18-4-3-5-22(12-18)34-2)36-23-10-11-25-19(13-23)14-30-32(25)21-8-6-20(28)7-9-21/h3-17,26H,1-2H3,(H,31,33)/t17-,26-/m0/s1. The molecule has 5 rings (SSSR count). The molecule has 0 saturated carbocycles. The highest BCUT2D eigenvalue weighted by Crippen LogP contribution is 2.30. The minimum Gasteiger partial charge on any atom is -0.497 e. The minimum atomic E-state index is -0.541. The van der Waals surface area contributed by atoms with E-state index in [-0.39, 0.29) is 17.4 Å². The number of carbonyl (C=O) groups excluding carboxylic acids is 1. The number of aromatic nitrogens is 3. The Labute approximate surface area is 206 Å². The Morgan fingerprint density at radius 3 is 2.67 bits per heavy atom. The number of halogens is 1. The molecule has 9 heteroatoms. The summed E-state index contributed by atoms with van der Waals surface area (Å²) in [7, 11) is 1.59. The van der Waals surface area contributed by atoms with Crippen molar-refractivity contribution in [1.82, 2.24) is 20.1 Å². The zero-order valence-corrected chi connectivity index (χ0v) is 19.6. The number of amides is 1. The summed E-state index contributed by atoms with van der Waals surface area (Å²) in [5.74, 6) is 0.590. The maximum Gasteiger partial charge on any atom is 0.273 e. The van der Waals surface area contributed by atoms with Crippen LogP contribution in [-0.4, -0.2) is 33.8 Å². The van der Waals surface area contributed by atoms with Gasteiger partial charge >= 0.3 is 0 Å². The van der Waals surface area contributed by atoms with Crippen LogP contribution in [0.5, 0.6) is 11.5 Å². The second-order valence-electron chi connectivity index (χ2n) is 8.20. The summed E-state index contributed by atoms with van der Waals surface area (Å²) >= 11 is 0. The van der Waals surface area contributed by atoms with E-state index in [1.165, 1.54) is 24.8 Å². The summed E-state index contributed by atoms with van der Waals surface area (Å²) in [6.45, 7) is 1.85. The van der Waals surface area contributed by atoms with Crippen LogP contribution in [0.2, 0.25) is 0 Å². The van der Waals surface area contributed by atoms with Crippen molar-refractivity contribution < 1.29 is 23.1 Å². The molecule has 2 heterocycles. The van der Waals surface area contributed by atoms with Gasteiger partial charge in [-0.15, -0.1) is 0 Å². The third-order valence-corrected chi connectivity index (χ3v) is 5.77. The fraction of sp³-hybridized carbons (Fsp3) is 0.148. The number of oxazole rings is 1. The maximum absolute atomic E-state index is 13.3. The van der Waals surface area contributed by atoms with Crippen molar-refractivity contribution in [3.8, 4) is 17.2 Å². The Bertz CT molecular complexity index is 1480. The number of nitrogens with one attached hydrogen (secondary N) is 1. The van der Waals surface area contributed by atoms with Crippen LogP contribution in [0.15, 0.2) is 90.0 Å². The summed E-state index contributed by atoms with van der Waals surface area (Å²) in [4.78, 5) is 16.5. The maximum atomic E-state index is 13.3. The van der Waals surface area contributed by atoms with Crippen molar-refractivity contribution in [2.75, 3.05) is 7.11 Å². The third-order valence-electron chi connectivity index (χ3n) is 5.77. The molecule has 0 saturated heterocycles. The lowest BCUT2D eigenvalue weighted by Gasteiger charge is -2.26. The second kappa shape index (κ2) is 9.91. The zero-order chi connectivity index (χ0) is 25.1. The number of hydrogen-bond acceptors (Lipinski definition) is 6. The lowest BCUT2D eigenvalue weighted by Crippen LogP contribution is -2.39. The van der Waals surface area contributed by atoms with E-state index in [4.69, 9.17) is 13.9 Å². The fourth-order valence-corrected chi connectivity index (χ4v) is 3.98. The van der Waals surface area contributed by atoms with Crippen molar-refractivity contribution in [2.45, 2.75) is 19.1 Å². The van der Waals surface area contributed by atoms with Crippen LogP contribution in [0.25, 0.3) is 16.6 Å². The molecule has 0 bridgehead atoms. The number of hydrogen-bond donors (Lipinski definition) is 1. The zero-order valence-electron chi connectivity index (χ0n) is 19.6. The molecule has 0 aliphatic carbocycles. The van der Waals surface area contributed by atoms with E-state index in [2.05, 4.69) is 15.4 Å². The normalized spacial score (nSPS) is 12.8. The lowest BCUT2D eigenvalue weighted by atomic mass is 10.0. The van der Waals surface area contributed by atoms with Crippen LogP contribution in [0.4, 0.5) is 4.39 Å². The van der Waals surface area contributed by atoms with Crippen LogP contribution in [0.3, 0.4) is 0 Å². The molecule has 182 valence electrons. The first-order valence-corrected chi connectivity index (χ1v) is 11.3. The largest absolute Gasteiger partial charge is 0.497 e. The second-order valence-corrected chi connectivity index (χ2v) is 8.20. The first-order valence-electron chi connectivity index (χ1n) is 11.3. The molecule has 3 aromatic carbocycles. The number of methoxy groups -OCH3 is 1. The van der Waals surface area contributed by atoms with Crippen LogP contribution >= 0.6 is 0 Å². The van der Waals surface area contributed by atoms with Gasteiger partial charge in [0.2, 0.25) is 0 Å². The van der Waals surface area contributed by atoms with Gasteiger partial charge in [0.15, 0.2) is 12.1 Å². The van der Waals surface area contributed by atoms with Crippen molar-refractivity contribution in [2.24, 2.45) is 0 Å². The van der Waals surface area contributed by atoms with Gasteiger partial charge in [0, 0.05) is 5.39 Å². The highest BCUT2D eigenvalue weighted by molar-refractivity contribution is 5.92. The van der Waals surface area contributed by atoms with E-state index in [0.717, 1.165) is 22.2 Å². The Balaban J connectivity index is 1.44. The molecule has 8 nitrogen and oxygen atoms in total. The van der Waals surface area contributed by atoms with E-state index in [1.807, 2.05) is 49.4 Å². The molecular weight excluding hydrogens is 463 g/mol. The van der Waals surface area contributed by atoms with Gasteiger partial charge < -0.3 is 19.2 Å². The number of nitrogens with zero attached hydrogens (tertiary/aromatic N) is 3. The Morgan fingerprint density at radius 1 is 1.08 bits per heavy atom. The van der Waals surface area contributed by atoms with Crippen molar-refractivity contribution in [3.05, 3.63) is 103 Å². The molecular formula is C27H23FN4O4. The van der Waals surface area contributed by atoms with E-state index in [9.17, 15) is 9.18 Å². The van der Waals surface area contributed by atoms with E-state index in [0.29, 0.717) is 11.5 Å². The molecule has 0 aliphatic rings. The van der Waals surface area contributed by atoms with E-state index >= 15 is 0 Å². The van der Waals surface area contributed by atoms with E-state index < -0.39 is 12.1 Å². The van der Waals surface area contributed by atoms with Gasteiger partial charge in [0.1, 0.15) is 29.7 Å². The quantitative estimate of drug-likeness (QED) is 0.328. The van der Waals surface area contributed by atoms with Gasteiger partial charge in [-0.3, -0.25) is 4.79 Å². The molecule has 2 atom stereocenters. The first kappa shape index (κ1) is 23.1. The van der Waals surface area contributed by atoms with Gasteiger partial charge in [-0.2, -0.15) is 5.10 Å². The number of fused-ring (bicyclic) bond motifs is 1. The average molecular weight is 487 g/mol. The number of benzene rings is 3. The average Bonchev–Trinajstić information content (AvgIpc) is 3.58. The van der Waals surface area contributed by atoms with Crippen molar-refractivity contribution >= 4 is 16.8 Å². The molecule has 5 aromatic rings.